The zero-order valence-electron chi connectivity index (χ0n) is 16.6. The second kappa shape index (κ2) is 8.10. The van der Waals surface area contributed by atoms with Crippen molar-refractivity contribution in [1.29, 1.82) is 0 Å². The van der Waals surface area contributed by atoms with Crippen molar-refractivity contribution in [3.8, 4) is 0 Å². The number of nitrogens with one attached hydrogen (secondary N) is 2. The number of hydrogen-bond donors (Lipinski definition) is 2. The van der Waals surface area contributed by atoms with Gasteiger partial charge in [0.15, 0.2) is 11.5 Å². The van der Waals surface area contributed by atoms with E-state index in [2.05, 4.69) is 55.5 Å². The summed E-state index contributed by atoms with van der Waals surface area (Å²) in [4.78, 5) is 19.1. The summed E-state index contributed by atoms with van der Waals surface area (Å²) >= 11 is 0. The molecule has 0 atom stereocenters. The Morgan fingerprint density at radius 3 is 2.53 bits per heavy atom. The third kappa shape index (κ3) is 3.96. The van der Waals surface area contributed by atoms with Crippen LogP contribution in [0.15, 0.2) is 60.9 Å². The van der Waals surface area contributed by atoms with Gasteiger partial charge in [0, 0.05) is 18.8 Å². The molecule has 0 bridgehead atoms. The largest absolute Gasteiger partial charge is 0.355 e. The van der Waals surface area contributed by atoms with Gasteiger partial charge in [0.2, 0.25) is 5.95 Å². The Hall–Kier alpha value is -3.48. The highest BCUT2D eigenvalue weighted by Crippen LogP contribution is 2.29. The van der Waals surface area contributed by atoms with E-state index in [0.29, 0.717) is 17.5 Å². The van der Waals surface area contributed by atoms with Crippen LogP contribution in [0.25, 0.3) is 11.2 Å². The number of rotatable bonds is 5. The fourth-order valence-corrected chi connectivity index (χ4v) is 4.06. The van der Waals surface area contributed by atoms with Crippen LogP contribution in [0, 0.1) is 11.7 Å². The molecule has 2 aromatic heterocycles. The van der Waals surface area contributed by atoms with Gasteiger partial charge in [0.25, 0.3) is 0 Å². The summed E-state index contributed by atoms with van der Waals surface area (Å²) in [5.41, 5.74) is 3.61. The number of anilines is 3. The number of nitrogens with zero attached hydrogens (tertiary/aromatic N) is 4. The zero-order valence-corrected chi connectivity index (χ0v) is 16.6. The standard InChI is InChI=1S/C23H23FN6/c24-18-6-8-19(9-7-18)27-23-28-21-20(25-15-26-21)22(29-23)30-12-10-17(11-13-30)14-16-4-2-1-3-5-16/h1-9,15,17H,10-14H2,(H2,25,26,27,28,29). The first-order valence-corrected chi connectivity index (χ1v) is 10.3. The van der Waals surface area contributed by atoms with Crippen molar-refractivity contribution in [3.05, 3.63) is 72.3 Å². The summed E-state index contributed by atoms with van der Waals surface area (Å²) in [6.45, 7) is 1.89. The van der Waals surface area contributed by atoms with E-state index in [9.17, 15) is 4.39 Å². The number of halogens is 1. The minimum atomic E-state index is -0.275. The Bertz CT molecular complexity index is 1120. The van der Waals surface area contributed by atoms with Crippen LogP contribution in [0.1, 0.15) is 18.4 Å². The highest BCUT2D eigenvalue weighted by molar-refractivity contribution is 5.84. The van der Waals surface area contributed by atoms with E-state index in [0.717, 1.165) is 49.4 Å². The molecule has 7 heteroatoms. The van der Waals surface area contributed by atoms with Gasteiger partial charge in [0.1, 0.15) is 11.3 Å². The van der Waals surface area contributed by atoms with Crippen LogP contribution in [-0.2, 0) is 6.42 Å². The van der Waals surface area contributed by atoms with Gasteiger partial charge in [-0.15, -0.1) is 0 Å². The Morgan fingerprint density at radius 2 is 1.77 bits per heavy atom. The lowest BCUT2D eigenvalue weighted by Gasteiger charge is -2.33. The molecule has 2 N–H and O–H groups in total. The lowest BCUT2D eigenvalue weighted by molar-refractivity contribution is 0.402. The SMILES string of the molecule is Fc1ccc(Nc2nc(N3CCC(Cc4ccccc4)CC3)c3[nH]cnc3n2)cc1. The van der Waals surface area contributed by atoms with Crippen molar-refractivity contribution in [2.24, 2.45) is 5.92 Å². The Balaban J connectivity index is 1.34. The van der Waals surface area contributed by atoms with Gasteiger partial charge in [-0.1, -0.05) is 30.3 Å². The van der Waals surface area contributed by atoms with Gasteiger partial charge in [-0.25, -0.2) is 9.37 Å². The van der Waals surface area contributed by atoms with E-state index in [-0.39, 0.29) is 5.82 Å². The summed E-state index contributed by atoms with van der Waals surface area (Å²) in [6.07, 6.45) is 5.01. The highest BCUT2D eigenvalue weighted by atomic mass is 19.1. The average Bonchev–Trinajstić information content (AvgIpc) is 3.25. The van der Waals surface area contributed by atoms with E-state index < -0.39 is 0 Å². The highest BCUT2D eigenvalue weighted by Gasteiger charge is 2.23. The Morgan fingerprint density at radius 1 is 1.00 bits per heavy atom. The summed E-state index contributed by atoms with van der Waals surface area (Å²) in [7, 11) is 0. The molecule has 0 amide bonds. The molecule has 0 radical (unpaired) electrons. The monoisotopic (exact) mass is 402 g/mol. The molecule has 6 nitrogen and oxygen atoms in total. The van der Waals surface area contributed by atoms with Crippen molar-refractivity contribution in [3.63, 3.8) is 0 Å². The predicted octanol–water partition coefficient (Wildman–Crippen LogP) is 4.69. The third-order valence-electron chi connectivity index (χ3n) is 5.65. The van der Waals surface area contributed by atoms with E-state index in [4.69, 9.17) is 4.98 Å². The first kappa shape index (κ1) is 18.5. The van der Waals surface area contributed by atoms with Crippen LogP contribution in [-0.4, -0.2) is 33.0 Å². The van der Waals surface area contributed by atoms with Crippen LogP contribution in [0.4, 0.5) is 21.8 Å². The van der Waals surface area contributed by atoms with Crippen molar-refractivity contribution in [2.75, 3.05) is 23.3 Å². The second-order valence-electron chi connectivity index (χ2n) is 7.72. The van der Waals surface area contributed by atoms with Gasteiger partial charge < -0.3 is 15.2 Å². The number of imidazole rings is 1. The molecule has 30 heavy (non-hydrogen) atoms. The lowest BCUT2D eigenvalue weighted by atomic mass is 9.90. The van der Waals surface area contributed by atoms with E-state index in [1.54, 1.807) is 18.5 Å². The molecular formula is C23H23FN6. The molecule has 0 saturated carbocycles. The molecule has 0 unspecified atom stereocenters. The molecule has 1 aliphatic rings. The molecule has 1 aliphatic heterocycles. The van der Waals surface area contributed by atoms with E-state index in [1.165, 1.54) is 17.7 Å². The van der Waals surface area contributed by atoms with Crippen molar-refractivity contribution in [2.45, 2.75) is 19.3 Å². The maximum atomic E-state index is 13.2. The topological polar surface area (TPSA) is 69.7 Å². The Labute approximate surface area is 174 Å². The summed E-state index contributed by atoms with van der Waals surface area (Å²) < 4.78 is 13.2. The molecule has 1 fully saturated rings. The second-order valence-corrected chi connectivity index (χ2v) is 7.72. The zero-order chi connectivity index (χ0) is 20.3. The molecular weight excluding hydrogens is 379 g/mol. The van der Waals surface area contributed by atoms with Crippen LogP contribution in [0.5, 0.6) is 0 Å². The summed E-state index contributed by atoms with van der Waals surface area (Å²) in [6, 6.07) is 16.9. The third-order valence-corrected chi connectivity index (χ3v) is 5.65. The fourth-order valence-electron chi connectivity index (χ4n) is 4.06. The molecule has 4 aromatic rings. The first-order chi connectivity index (χ1) is 14.7. The van der Waals surface area contributed by atoms with Crippen molar-refractivity contribution >= 4 is 28.6 Å². The Kier molecular flexibility index (Phi) is 5.01. The van der Waals surface area contributed by atoms with Gasteiger partial charge in [-0.3, -0.25) is 0 Å². The minimum Gasteiger partial charge on any atom is -0.355 e. The van der Waals surface area contributed by atoms with Crippen LogP contribution >= 0.6 is 0 Å². The van der Waals surface area contributed by atoms with E-state index in [1.807, 2.05) is 0 Å². The van der Waals surface area contributed by atoms with Crippen LogP contribution in [0.3, 0.4) is 0 Å². The van der Waals surface area contributed by atoms with Crippen molar-refractivity contribution in [1.82, 2.24) is 19.9 Å². The van der Waals surface area contributed by atoms with Gasteiger partial charge >= 0.3 is 0 Å². The predicted molar refractivity (Wildman–Crippen MR) is 116 cm³/mol. The molecule has 1 saturated heterocycles. The average molecular weight is 402 g/mol. The molecule has 0 spiro atoms. The quantitative estimate of drug-likeness (QED) is 0.507. The van der Waals surface area contributed by atoms with Crippen LogP contribution < -0.4 is 10.2 Å². The first-order valence-electron chi connectivity index (χ1n) is 10.3. The number of aromatic amines is 1. The smallest absolute Gasteiger partial charge is 0.231 e. The fraction of sp³-hybridized carbons (Fsp3) is 0.261. The van der Waals surface area contributed by atoms with Gasteiger partial charge in [0.05, 0.1) is 6.33 Å². The molecule has 0 aliphatic carbocycles. The number of H-pyrrole nitrogens is 1. The number of benzene rings is 2. The maximum Gasteiger partial charge on any atom is 0.231 e. The van der Waals surface area contributed by atoms with Gasteiger partial charge in [-0.05, 0) is 55.0 Å². The number of aromatic nitrogens is 4. The maximum absolute atomic E-state index is 13.2. The number of fused-ring (bicyclic) bond motifs is 1. The molecule has 152 valence electrons. The van der Waals surface area contributed by atoms with Crippen LogP contribution in [0.2, 0.25) is 0 Å². The molecule has 3 heterocycles. The molecule has 5 rings (SSSR count). The molecule has 2 aromatic carbocycles. The lowest BCUT2D eigenvalue weighted by Crippen LogP contribution is -2.35. The van der Waals surface area contributed by atoms with E-state index >= 15 is 0 Å². The number of piperidine rings is 1. The van der Waals surface area contributed by atoms with Crippen molar-refractivity contribution < 1.29 is 4.39 Å². The van der Waals surface area contributed by atoms with Gasteiger partial charge in [-0.2, -0.15) is 9.97 Å². The minimum absolute atomic E-state index is 0.275. The summed E-state index contributed by atoms with van der Waals surface area (Å²) in [5.74, 6) is 1.73. The normalized spacial score (nSPS) is 14.9. The summed E-state index contributed by atoms with van der Waals surface area (Å²) in [5, 5.41) is 3.16. The number of hydrogen-bond acceptors (Lipinski definition) is 5.